The van der Waals surface area contributed by atoms with Gasteiger partial charge in [0.1, 0.15) is 0 Å². The molecule has 0 bridgehead atoms. The molecular formula is C14H28N2O3S. The maximum absolute atomic E-state index is 12.2. The lowest BCUT2D eigenvalue weighted by Crippen LogP contribution is -2.47. The highest BCUT2D eigenvalue weighted by molar-refractivity contribution is 7.88. The van der Waals surface area contributed by atoms with E-state index in [4.69, 9.17) is 0 Å². The lowest BCUT2D eigenvalue weighted by molar-refractivity contribution is -0.131. The van der Waals surface area contributed by atoms with E-state index >= 15 is 0 Å². The summed E-state index contributed by atoms with van der Waals surface area (Å²) in [4.78, 5) is 13.9. The average Bonchev–Trinajstić information content (AvgIpc) is 2.64. The fraction of sp³-hybridized carbons (Fsp3) is 0.929. The van der Waals surface area contributed by atoms with Crippen molar-refractivity contribution in [2.24, 2.45) is 0 Å². The van der Waals surface area contributed by atoms with Crippen LogP contribution in [-0.2, 0) is 14.8 Å². The third kappa shape index (κ3) is 5.05. The Bertz CT molecular complexity index is 397. The zero-order valence-corrected chi connectivity index (χ0v) is 13.8. The fourth-order valence-corrected chi connectivity index (χ4v) is 3.97. The monoisotopic (exact) mass is 304 g/mol. The fourth-order valence-electron chi connectivity index (χ4n) is 2.87. The average molecular weight is 304 g/mol. The quantitative estimate of drug-likeness (QED) is 0.704. The molecule has 1 rings (SSSR count). The minimum absolute atomic E-state index is 0.00740. The van der Waals surface area contributed by atoms with Crippen molar-refractivity contribution in [1.82, 2.24) is 9.21 Å². The van der Waals surface area contributed by atoms with Crippen LogP contribution in [0, 0.1) is 0 Å². The van der Waals surface area contributed by atoms with E-state index in [0.29, 0.717) is 13.1 Å². The van der Waals surface area contributed by atoms with Crippen molar-refractivity contribution in [2.75, 3.05) is 25.9 Å². The van der Waals surface area contributed by atoms with E-state index < -0.39 is 10.0 Å². The number of carbonyl (C=O) groups is 1. The molecule has 0 unspecified atom stereocenters. The van der Waals surface area contributed by atoms with Crippen molar-refractivity contribution < 1.29 is 13.2 Å². The van der Waals surface area contributed by atoms with Gasteiger partial charge in [-0.25, -0.2) is 8.42 Å². The maximum Gasteiger partial charge on any atom is 0.237 e. The van der Waals surface area contributed by atoms with E-state index in [-0.39, 0.29) is 18.5 Å². The molecule has 0 aliphatic heterocycles. The van der Waals surface area contributed by atoms with Crippen molar-refractivity contribution in [3.63, 3.8) is 0 Å². The molecule has 1 fully saturated rings. The molecule has 0 N–H and O–H groups in total. The van der Waals surface area contributed by atoms with Crippen LogP contribution in [0.4, 0.5) is 0 Å². The summed E-state index contributed by atoms with van der Waals surface area (Å²) in [7, 11) is -3.34. The molecule has 0 aromatic rings. The molecule has 6 heteroatoms. The second kappa shape index (κ2) is 7.98. The van der Waals surface area contributed by atoms with Crippen LogP contribution in [0.3, 0.4) is 0 Å². The zero-order chi connectivity index (χ0) is 15.2. The van der Waals surface area contributed by atoms with E-state index in [1.165, 1.54) is 10.6 Å². The van der Waals surface area contributed by atoms with Gasteiger partial charge >= 0.3 is 0 Å². The first-order valence-electron chi connectivity index (χ1n) is 7.64. The van der Waals surface area contributed by atoms with Gasteiger partial charge in [0.15, 0.2) is 0 Å². The van der Waals surface area contributed by atoms with Gasteiger partial charge in [-0.15, -0.1) is 0 Å². The lowest BCUT2D eigenvalue weighted by Gasteiger charge is -2.30. The second-order valence-electron chi connectivity index (χ2n) is 5.52. The van der Waals surface area contributed by atoms with Crippen LogP contribution in [0.25, 0.3) is 0 Å². The van der Waals surface area contributed by atoms with Gasteiger partial charge in [0, 0.05) is 19.1 Å². The van der Waals surface area contributed by atoms with Gasteiger partial charge in [0.05, 0.1) is 12.8 Å². The smallest absolute Gasteiger partial charge is 0.237 e. The van der Waals surface area contributed by atoms with Gasteiger partial charge in [0.25, 0.3) is 0 Å². The first kappa shape index (κ1) is 17.4. The highest BCUT2D eigenvalue weighted by Gasteiger charge is 2.30. The minimum atomic E-state index is -3.34. The topological polar surface area (TPSA) is 57.7 Å². The molecule has 1 amide bonds. The summed E-state index contributed by atoms with van der Waals surface area (Å²) in [5.74, 6) is -0.0929. The van der Waals surface area contributed by atoms with Gasteiger partial charge in [-0.3, -0.25) is 4.79 Å². The van der Waals surface area contributed by atoms with Crippen molar-refractivity contribution in [2.45, 2.75) is 58.4 Å². The standard InChI is InChI=1S/C14H28N2O3S/c1-4-15(5-2)14(17)12-16(20(3,18)19)13-10-8-6-7-9-11-13/h13H,4-12H2,1-3H3. The molecule has 118 valence electrons. The number of amides is 1. The Labute approximate surface area is 123 Å². The molecule has 0 atom stereocenters. The zero-order valence-electron chi connectivity index (χ0n) is 13.0. The number of carbonyl (C=O) groups excluding carboxylic acids is 1. The Kier molecular flexibility index (Phi) is 6.95. The number of nitrogens with zero attached hydrogens (tertiary/aromatic N) is 2. The number of sulfonamides is 1. The van der Waals surface area contributed by atoms with Crippen LogP contribution in [0.1, 0.15) is 52.4 Å². The molecule has 0 aromatic heterocycles. The summed E-state index contributed by atoms with van der Waals surface area (Å²) in [6, 6.07) is -0.00740. The molecule has 0 spiro atoms. The summed E-state index contributed by atoms with van der Waals surface area (Å²) >= 11 is 0. The van der Waals surface area contributed by atoms with Gasteiger partial charge in [0.2, 0.25) is 15.9 Å². The molecule has 0 aromatic carbocycles. The van der Waals surface area contributed by atoms with Crippen molar-refractivity contribution in [3.8, 4) is 0 Å². The highest BCUT2D eigenvalue weighted by Crippen LogP contribution is 2.23. The van der Waals surface area contributed by atoms with Crippen LogP contribution < -0.4 is 0 Å². The summed E-state index contributed by atoms with van der Waals surface area (Å²) < 4.78 is 25.5. The Morgan fingerprint density at radius 2 is 1.55 bits per heavy atom. The van der Waals surface area contributed by atoms with E-state index in [1.807, 2.05) is 13.8 Å². The lowest BCUT2D eigenvalue weighted by atomic mass is 10.1. The van der Waals surface area contributed by atoms with Crippen LogP contribution in [-0.4, -0.2) is 55.5 Å². The first-order valence-corrected chi connectivity index (χ1v) is 9.49. The number of likely N-dealkylation sites (N-methyl/N-ethyl adjacent to an activating group) is 1. The SMILES string of the molecule is CCN(CC)C(=O)CN(C1CCCCCC1)S(C)(=O)=O. The summed E-state index contributed by atoms with van der Waals surface area (Å²) in [6.45, 7) is 5.07. The van der Waals surface area contributed by atoms with Gasteiger partial charge in [-0.1, -0.05) is 25.7 Å². The van der Waals surface area contributed by atoms with Gasteiger partial charge in [-0.2, -0.15) is 4.31 Å². The molecule has 1 aliphatic rings. The Morgan fingerprint density at radius 1 is 1.05 bits per heavy atom. The second-order valence-corrected chi connectivity index (χ2v) is 7.45. The molecule has 1 saturated carbocycles. The predicted octanol–water partition coefficient (Wildman–Crippen LogP) is 1.84. The van der Waals surface area contributed by atoms with Gasteiger partial charge in [-0.05, 0) is 26.7 Å². The normalized spacial score (nSPS) is 18.0. The largest absolute Gasteiger partial charge is 0.342 e. The summed E-state index contributed by atoms with van der Waals surface area (Å²) in [5.41, 5.74) is 0. The number of rotatable bonds is 6. The molecule has 0 radical (unpaired) electrons. The molecule has 20 heavy (non-hydrogen) atoms. The van der Waals surface area contributed by atoms with Crippen LogP contribution in [0.2, 0.25) is 0 Å². The highest BCUT2D eigenvalue weighted by atomic mass is 32.2. The third-order valence-corrected chi connectivity index (χ3v) is 5.34. The number of hydrogen-bond acceptors (Lipinski definition) is 3. The van der Waals surface area contributed by atoms with Crippen LogP contribution >= 0.6 is 0 Å². The Hall–Kier alpha value is -0.620. The molecule has 1 aliphatic carbocycles. The van der Waals surface area contributed by atoms with E-state index in [9.17, 15) is 13.2 Å². The van der Waals surface area contributed by atoms with Gasteiger partial charge < -0.3 is 4.90 Å². The number of hydrogen-bond donors (Lipinski definition) is 0. The first-order chi connectivity index (χ1) is 9.40. The van der Waals surface area contributed by atoms with E-state index in [1.54, 1.807) is 4.90 Å². The van der Waals surface area contributed by atoms with Crippen LogP contribution in [0.15, 0.2) is 0 Å². The van der Waals surface area contributed by atoms with E-state index in [0.717, 1.165) is 38.5 Å². The van der Waals surface area contributed by atoms with Crippen molar-refractivity contribution in [1.29, 1.82) is 0 Å². The maximum atomic E-state index is 12.2. The Morgan fingerprint density at radius 3 is 1.95 bits per heavy atom. The van der Waals surface area contributed by atoms with Crippen molar-refractivity contribution >= 4 is 15.9 Å². The van der Waals surface area contributed by atoms with Crippen molar-refractivity contribution in [3.05, 3.63) is 0 Å². The molecule has 5 nitrogen and oxygen atoms in total. The Balaban J connectivity index is 2.82. The predicted molar refractivity (Wildman–Crippen MR) is 81.0 cm³/mol. The molecular weight excluding hydrogens is 276 g/mol. The third-order valence-electron chi connectivity index (χ3n) is 4.07. The molecule has 0 heterocycles. The summed E-state index contributed by atoms with van der Waals surface area (Å²) in [5, 5.41) is 0. The minimum Gasteiger partial charge on any atom is -0.342 e. The molecule has 0 saturated heterocycles. The van der Waals surface area contributed by atoms with E-state index in [2.05, 4.69) is 0 Å². The van der Waals surface area contributed by atoms with Crippen LogP contribution in [0.5, 0.6) is 0 Å². The summed E-state index contributed by atoms with van der Waals surface area (Å²) in [6.07, 6.45) is 7.40.